The van der Waals surface area contributed by atoms with Crippen LogP contribution in [0, 0.1) is 5.82 Å². The molecule has 0 aliphatic carbocycles. The van der Waals surface area contributed by atoms with Crippen molar-refractivity contribution in [2.24, 2.45) is 0 Å². The third kappa shape index (κ3) is 3.01. The fourth-order valence-corrected chi connectivity index (χ4v) is 2.12. The van der Waals surface area contributed by atoms with E-state index in [1.165, 1.54) is 41.5 Å². The SMILES string of the molecule is CCOCC(=O)Nn1cnc2c(cnn2-c2ccc(F)cc2)c1=O. The summed E-state index contributed by atoms with van der Waals surface area (Å²) in [6, 6.07) is 5.63. The Morgan fingerprint density at radius 1 is 1.33 bits per heavy atom. The minimum atomic E-state index is -0.474. The van der Waals surface area contributed by atoms with Crippen molar-refractivity contribution < 1.29 is 13.9 Å². The number of nitrogens with one attached hydrogen (secondary N) is 1. The second-order valence-corrected chi connectivity index (χ2v) is 4.86. The number of hydrogen-bond donors (Lipinski definition) is 1. The number of benzene rings is 1. The van der Waals surface area contributed by atoms with Crippen LogP contribution in [0.5, 0.6) is 0 Å². The van der Waals surface area contributed by atoms with Crippen molar-refractivity contribution in [3.63, 3.8) is 0 Å². The summed E-state index contributed by atoms with van der Waals surface area (Å²) in [6.07, 6.45) is 2.54. The molecule has 0 saturated heterocycles. The quantitative estimate of drug-likeness (QED) is 0.748. The predicted octanol–water partition coefficient (Wildman–Crippen LogP) is 0.828. The lowest BCUT2D eigenvalue weighted by Crippen LogP contribution is -2.35. The van der Waals surface area contributed by atoms with Gasteiger partial charge in [-0.2, -0.15) is 5.10 Å². The summed E-state index contributed by atoms with van der Waals surface area (Å²) in [5.74, 6) is -0.839. The number of hydrogen-bond acceptors (Lipinski definition) is 5. The summed E-state index contributed by atoms with van der Waals surface area (Å²) in [6.45, 7) is 2.00. The average Bonchev–Trinajstić information content (AvgIpc) is 3.01. The fourth-order valence-electron chi connectivity index (χ4n) is 2.12. The van der Waals surface area contributed by atoms with Crippen LogP contribution in [-0.4, -0.2) is 38.6 Å². The molecule has 1 aromatic carbocycles. The van der Waals surface area contributed by atoms with Gasteiger partial charge in [-0.15, -0.1) is 0 Å². The molecule has 9 heteroatoms. The summed E-state index contributed by atoms with van der Waals surface area (Å²) in [5, 5.41) is 4.33. The summed E-state index contributed by atoms with van der Waals surface area (Å²) in [4.78, 5) is 28.2. The van der Waals surface area contributed by atoms with Crippen LogP contribution < -0.4 is 11.0 Å². The number of carbonyl (C=O) groups is 1. The van der Waals surface area contributed by atoms with Gasteiger partial charge in [-0.05, 0) is 31.2 Å². The standard InChI is InChI=1S/C15H14FN5O3/c1-2-24-8-13(22)19-20-9-17-14-12(15(20)23)7-18-21(14)11-5-3-10(16)4-6-11/h3-7,9H,2,8H2,1H3,(H,19,22). The number of fused-ring (bicyclic) bond motifs is 1. The van der Waals surface area contributed by atoms with Gasteiger partial charge in [0, 0.05) is 6.61 Å². The smallest absolute Gasteiger partial charge is 0.283 e. The molecule has 24 heavy (non-hydrogen) atoms. The topological polar surface area (TPSA) is 91.0 Å². The van der Waals surface area contributed by atoms with Gasteiger partial charge in [-0.3, -0.25) is 15.0 Å². The minimum Gasteiger partial charge on any atom is -0.372 e. The zero-order chi connectivity index (χ0) is 17.1. The van der Waals surface area contributed by atoms with Crippen molar-refractivity contribution in [3.05, 3.63) is 53.0 Å². The monoisotopic (exact) mass is 331 g/mol. The van der Waals surface area contributed by atoms with E-state index in [-0.39, 0.29) is 17.8 Å². The van der Waals surface area contributed by atoms with E-state index < -0.39 is 11.5 Å². The molecule has 1 amide bonds. The highest BCUT2D eigenvalue weighted by Crippen LogP contribution is 2.13. The molecule has 0 atom stereocenters. The maximum atomic E-state index is 13.0. The Morgan fingerprint density at radius 2 is 2.08 bits per heavy atom. The van der Waals surface area contributed by atoms with E-state index in [0.717, 1.165) is 4.68 Å². The van der Waals surface area contributed by atoms with Crippen LogP contribution in [0.4, 0.5) is 4.39 Å². The van der Waals surface area contributed by atoms with Crippen molar-refractivity contribution in [1.29, 1.82) is 0 Å². The van der Waals surface area contributed by atoms with Crippen molar-refractivity contribution in [3.8, 4) is 5.69 Å². The number of aromatic nitrogens is 4. The highest BCUT2D eigenvalue weighted by Gasteiger charge is 2.12. The van der Waals surface area contributed by atoms with Crippen LogP contribution in [0.1, 0.15) is 6.92 Å². The Bertz CT molecular complexity index is 932. The van der Waals surface area contributed by atoms with Gasteiger partial charge in [0.05, 0.1) is 11.9 Å². The first-order valence-electron chi connectivity index (χ1n) is 7.19. The molecule has 0 aliphatic rings. The highest BCUT2D eigenvalue weighted by atomic mass is 19.1. The number of rotatable bonds is 5. The number of ether oxygens (including phenoxy) is 1. The van der Waals surface area contributed by atoms with E-state index in [1.54, 1.807) is 6.92 Å². The lowest BCUT2D eigenvalue weighted by atomic mass is 10.3. The van der Waals surface area contributed by atoms with E-state index in [0.29, 0.717) is 17.9 Å². The van der Waals surface area contributed by atoms with Gasteiger partial charge in [-0.1, -0.05) is 0 Å². The molecule has 0 fully saturated rings. The molecule has 2 aromatic heterocycles. The highest BCUT2D eigenvalue weighted by molar-refractivity contribution is 5.85. The molecule has 0 unspecified atom stereocenters. The summed E-state index contributed by atoms with van der Waals surface area (Å²) in [7, 11) is 0. The second-order valence-electron chi connectivity index (χ2n) is 4.86. The third-order valence-electron chi connectivity index (χ3n) is 3.24. The molecule has 8 nitrogen and oxygen atoms in total. The Morgan fingerprint density at radius 3 is 2.79 bits per heavy atom. The average molecular weight is 331 g/mol. The van der Waals surface area contributed by atoms with Gasteiger partial charge in [-0.25, -0.2) is 18.7 Å². The van der Waals surface area contributed by atoms with Gasteiger partial charge in [0.2, 0.25) is 0 Å². The predicted molar refractivity (Wildman–Crippen MR) is 83.9 cm³/mol. The maximum Gasteiger partial charge on any atom is 0.283 e. The van der Waals surface area contributed by atoms with Crippen molar-refractivity contribution in [2.75, 3.05) is 18.6 Å². The van der Waals surface area contributed by atoms with E-state index in [4.69, 9.17) is 4.74 Å². The van der Waals surface area contributed by atoms with Crippen LogP contribution in [0.2, 0.25) is 0 Å². The van der Waals surface area contributed by atoms with E-state index in [1.807, 2.05) is 0 Å². The second kappa shape index (κ2) is 6.59. The van der Waals surface area contributed by atoms with Gasteiger partial charge >= 0.3 is 0 Å². The first-order chi connectivity index (χ1) is 11.6. The van der Waals surface area contributed by atoms with E-state index >= 15 is 0 Å². The molecular formula is C15H14FN5O3. The molecule has 0 spiro atoms. The number of carbonyl (C=O) groups excluding carboxylic acids is 1. The zero-order valence-electron chi connectivity index (χ0n) is 12.8. The zero-order valence-corrected chi connectivity index (χ0v) is 12.8. The lowest BCUT2D eigenvalue weighted by Gasteiger charge is -2.08. The molecule has 0 bridgehead atoms. The summed E-state index contributed by atoms with van der Waals surface area (Å²) >= 11 is 0. The van der Waals surface area contributed by atoms with Crippen molar-refractivity contribution in [2.45, 2.75) is 6.92 Å². The molecule has 3 rings (SSSR count). The lowest BCUT2D eigenvalue weighted by molar-refractivity contribution is -0.121. The van der Waals surface area contributed by atoms with Crippen LogP contribution >= 0.6 is 0 Å². The van der Waals surface area contributed by atoms with Gasteiger partial charge in [0.25, 0.3) is 11.5 Å². The largest absolute Gasteiger partial charge is 0.372 e. The Labute approximate surface area is 135 Å². The van der Waals surface area contributed by atoms with Gasteiger partial charge in [0.15, 0.2) is 5.65 Å². The molecule has 0 radical (unpaired) electrons. The number of amides is 1. The molecule has 2 heterocycles. The molecule has 3 aromatic rings. The van der Waals surface area contributed by atoms with Gasteiger partial charge in [0.1, 0.15) is 24.1 Å². The molecule has 124 valence electrons. The summed E-state index contributed by atoms with van der Waals surface area (Å²) in [5.41, 5.74) is 2.78. The minimum absolute atomic E-state index is 0.157. The van der Waals surface area contributed by atoms with Crippen LogP contribution in [0.15, 0.2) is 41.6 Å². The van der Waals surface area contributed by atoms with Crippen molar-refractivity contribution in [1.82, 2.24) is 19.4 Å². The Balaban J connectivity index is 1.95. The number of nitrogens with zero attached hydrogens (tertiary/aromatic N) is 4. The first kappa shape index (κ1) is 15.8. The third-order valence-corrected chi connectivity index (χ3v) is 3.24. The summed E-state index contributed by atoms with van der Waals surface area (Å²) < 4.78 is 20.4. The maximum absolute atomic E-state index is 13.0. The Hall–Kier alpha value is -3.07. The molecular weight excluding hydrogens is 317 g/mol. The normalized spacial score (nSPS) is 10.9. The number of halogens is 1. The fraction of sp³-hybridized carbons (Fsp3) is 0.200. The van der Waals surface area contributed by atoms with Crippen LogP contribution in [-0.2, 0) is 9.53 Å². The molecule has 0 aliphatic heterocycles. The molecule has 0 saturated carbocycles. The van der Waals surface area contributed by atoms with Gasteiger partial charge < -0.3 is 4.74 Å². The van der Waals surface area contributed by atoms with Crippen LogP contribution in [0.3, 0.4) is 0 Å². The van der Waals surface area contributed by atoms with Crippen LogP contribution in [0.25, 0.3) is 16.7 Å². The van der Waals surface area contributed by atoms with Crippen molar-refractivity contribution >= 4 is 16.9 Å². The Kier molecular flexibility index (Phi) is 4.34. The van der Waals surface area contributed by atoms with E-state index in [9.17, 15) is 14.0 Å². The first-order valence-corrected chi connectivity index (χ1v) is 7.19. The molecule has 1 N–H and O–H groups in total. The van der Waals surface area contributed by atoms with E-state index in [2.05, 4.69) is 15.5 Å².